The van der Waals surface area contributed by atoms with Crippen LogP contribution in [0.5, 0.6) is 0 Å². The van der Waals surface area contributed by atoms with Crippen LogP contribution in [0, 0.1) is 40.4 Å². The van der Waals surface area contributed by atoms with Gasteiger partial charge in [0.05, 0.1) is 17.5 Å². The van der Waals surface area contributed by atoms with Crippen molar-refractivity contribution in [1.29, 1.82) is 0 Å². The molecule has 4 rings (SSSR count). The van der Waals surface area contributed by atoms with E-state index in [-0.39, 0.29) is 17.3 Å². The number of aliphatic hydroxyl groups is 2. The second kappa shape index (κ2) is 7.71. The molecule has 0 spiro atoms. The summed E-state index contributed by atoms with van der Waals surface area (Å²) in [6.45, 7) is 7.07. The van der Waals surface area contributed by atoms with Crippen molar-refractivity contribution < 1.29 is 23.2 Å². The molecule has 0 aromatic carbocycles. The summed E-state index contributed by atoms with van der Waals surface area (Å²) in [5, 5.41) is 21.8. The molecule has 0 aliphatic heterocycles. The Kier molecular flexibility index (Phi) is 5.91. The Hall–Kier alpha value is -0.170. The molecule has 0 unspecified atom stereocenters. The molecule has 5 nitrogen and oxygen atoms in total. The highest BCUT2D eigenvalue weighted by molar-refractivity contribution is 7.85. The predicted molar refractivity (Wildman–Crippen MR) is 117 cm³/mol. The van der Waals surface area contributed by atoms with Crippen molar-refractivity contribution in [1.82, 2.24) is 0 Å². The second-order valence-electron chi connectivity index (χ2n) is 11.9. The quantitative estimate of drug-likeness (QED) is 0.548. The first-order chi connectivity index (χ1) is 13.9. The number of aliphatic hydroxyl groups excluding tert-OH is 1. The largest absolute Gasteiger partial charge is 0.393 e. The smallest absolute Gasteiger partial charge is 0.264 e. The Labute approximate surface area is 182 Å². The Balaban J connectivity index is 1.49. The minimum absolute atomic E-state index is 0.0737. The maximum absolute atomic E-state index is 11.5. The average Bonchev–Trinajstić information content (AvgIpc) is 2.99. The molecule has 0 heterocycles. The normalized spacial score (nSPS) is 49.7. The van der Waals surface area contributed by atoms with Crippen LogP contribution in [0.15, 0.2) is 0 Å². The third-order valence-corrected chi connectivity index (χ3v) is 11.4. The second-order valence-corrected chi connectivity index (χ2v) is 13.5. The standard InChI is InChI=1S/C24H42O5S/c1-16(5-4-14-30(27,28)29)19-6-7-20-18-9-13-24(26)15-17(25)8-12-23(24,3)21(18)10-11-22(19,20)2/h16-21,25-26H,4-15H2,1-3H3,(H,27,28,29)/t16-,17-,18+,19-,20+,21+,22-,23-,24+/m1/s1. The summed E-state index contributed by atoms with van der Waals surface area (Å²) >= 11 is 0. The van der Waals surface area contributed by atoms with Crippen molar-refractivity contribution in [3.05, 3.63) is 0 Å². The van der Waals surface area contributed by atoms with E-state index >= 15 is 0 Å². The van der Waals surface area contributed by atoms with E-state index in [1.807, 2.05) is 0 Å². The summed E-state index contributed by atoms with van der Waals surface area (Å²) in [4.78, 5) is 0. The van der Waals surface area contributed by atoms with Crippen LogP contribution in [0.2, 0.25) is 0 Å². The third-order valence-electron chi connectivity index (χ3n) is 10.6. The molecular weight excluding hydrogens is 400 g/mol. The molecule has 9 atom stereocenters. The van der Waals surface area contributed by atoms with Gasteiger partial charge in [0.25, 0.3) is 10.1 Å². The Bertz CT molecular complexity index is 753. The van der Waals surface area contributed by atoms with E-state index in [4.69, 9.17) is 4.55 Å². The molecule has 3 N–H and O–H groups in total. The molecule has 4 aliphatic rings. The summed E-state index contributed by atoms with van der Waals surface area (Å²) in [5.41, 5.74) is -0.477. The Morgan fingerprint density at radius 2 is 1.73 bits per heavy atom. The number of fused-ring (bicyclic) bond motifs is 5. The van der Waals surface area contributed by atoms with E-state index in [1.165, 1.54) is 25.7 Å². The zero-order valence-electron chi connectivity index (χ0n) is 19.0. The zero-order valence-corrected chi connectivity index (χ0v) is 19.8. The molecular formula is C24H42O5S. The van der Waals surface area contributed by atoms with Gasteiger partial charge in [-0.1, -0.05) is 20.8 Å². The van der Waals surface area contributed by atoms with Crippen LogP contribution in [-0.4, -0.2) is 40.6 Å². The first-order valence-electron chi connectivity index (χ1n) is 12.3. The highest BCUT2D eigenvalue weighted by Crippen LogP contribution is 2.69. The van der Waals surface area contributed by atoms with Crippen LogP contribution in [0.25, 0.3) is 0 Å². The lowest BCUT2D eigenvalue weighted by atomic mass is 9.43. The van der Waals surface area contributed by atoms with Gasteiger partial charge in [0.1, 0.15) is 0 Å². The zero-order chi connectivity index (χ0) is 21.9. The van der Waals surface area contributed by atoms with E-state index in [1.54, 1.807) is 0 Å². The van der Waals surface area contributed by atoms with Crippen LogP contribution in [-0.2, 0) is 10.1 Å². The molecule has 0 aromatic rings. The van der Waals surface area contributed by atoms with Crippen molar-refractivity contribution >= 4 is 10.1 Å². The summed E-state index contributed by atoms with van der Waals surface area (Å²) in [6.07, 6.45) is 10.1. The van der Waals surface area contributed by atoms with E-state index in [0.717, 1.165) is 32.1 Å². The van der Waals surface area contributed by atoms with Crippen LogP contribution >= 0.6 is 0 Å². The van der Waals surface area contributed by atoms with Crippen molar-refractivity contribution in [3.8, 4) is 0 Å². The van der Waals surface area contributed by atoms with Crippen molar-refractivity contribution in [2.75, 3.05) is 5.75 Å². The lowest BCUT2D eigenvalue weighted by Gasteiger charge is -2.64. The van der Waals surface area contributed by atoms with Gasteiger partial charge in [-0.15, -0.1) is 0 Å². The maximum Gasteiger partial charge on any atom is 0.264 e. The number of rotatable bonds is 5. The first kappa shape index (κ1) is 23.0. The topological polar surface area (TPSA) is 94.8 Å². The molecule has 174 valence electrons. The highest BCUT2D eigenvalue weighted by Gasteiger charge is 2.64. The fourth-order valence-corrected chi connectivity index (χ4v) is 9.52. The van der Waals surface area contributed by atoms with Gasteiger partial charge in [-0.2, -0.15) is 8.42 Å². The van der Waals surface area contributed by atoms with Crippen molar-refractivity contribution in [3.63, 3.8) is 0 Å². The number of hydrogen-bond acceptors (Lipinski definition) is 4. The van der Waals surface area contributed by atoms with Crippen LogP contribution in [0.4, 0.5) is 0 Å². The SMILES string of the molecule is C[C@H](CCCS(=O)(=O)O)[C@H]1CC[C@H]2[C@@H]3CC[C@]4(O)C[C@H](O)CC[C@]4(C)[C@H]3CC[C@]12C. The highest BCUT2D eigenvalue weighted by atomic mass is 32.2. The van der Waals surface area contributed by atoms with Crippen LogP contribution in [0.3, 0.4) is 0 Å². The molecule has 0 aromatic heterocycles. The molecule has 4 saturated carbocycles. The Morgan fingerprint density at radius 3 is 2.43 bits per heavy atom. The van der Waals surface area contributed by atoms with Gasteiger partial charge in [0.15, 0.2) is 0 Å². The summed E-state index contributed by atoms with van der Waals surface area (Å²) in [6, 6.07) is 0. The molecule has 0 amide bonds. The van der Waals surface area contributed by atoms with Gasteiger partial charge in [0, 0.05) is 6.42 Å². The van der Waals surface area contributed by atoms with Crippen LogP contribution in [0.1, 0.15) is 91.4 Å². The fraction of sp³-hybridized carbons (Fsp3) is 1.00. The van der Waals surface area contributed by atoms with Crippen molar-refractivity contribution in [2.24, 2.45) is 40.4 Å². The van der Waals surface area contributed by atoms with Gasteiger partial charge in [-0.25, -0.2) is 0 Å². The first-order valence-corrected chi connectivity index (χ1v) is 13.9. The van der Waals surface area contributed by atoms with E-state index in [2.05, 4.69) is 20.8 Å². The molecule has 0 radical (unpaired) electrons. The van der Waals surface area contributed by atoms with E-state index < -0.39 is 15.7 Å². The van der Waals surface area contributed by atoms with Crippen LogP contribution < -0.4 is 0 Å². The summed E-state index contributed by atoms with van der Waals surface area (Å²) in [5.74, 6) is 2.87. The minimum Gasteiger partial charge on any atom is -0.393 e. The Morgan fingerprint density at radius 1 is 1.00 bits per heavy atom. The van der Waals surface area contributed by atoms with Gasteiger partial charge < -0.3 is 10.2 Å². The number of hydrogen-bond donors (Lipinski definition) is 3. The monoisotopic (exact) mass is 442 g/mol. The maximum atomic E-state index is 11.5. The third kappa shape index (κ3) is 3.68. The fourth-order valence-electron chi connectivity index (χ4n) is 8.99. The minimum atomic E-state index is -3.87. The summed E-state index contributed by atoms with van der Waals surface area (Å²) in [7, 11) is -3.87. The van der Waals surface area contributed by atoms with Gasteiger partial charge in [-0.3, -0.25) is 4.55 Å². The molecule has 4 aliphatic carbocycles. The van der Waals surface area contributed by atoms with Gasteiger partial charge in [0.2, 0.25) is 0 Å². The average molecular weight is 443 g/mol. The lowest BCUT2D eigenvalue weighted by Crippen LogP contribution is -2.62. The van der Waals surface area contributed by atoms with E-state index in [0.29, 0.717) is 47.8 Å². The van der Waals surface area contributed by atoms with Gasteiger partial charge in [-0.05, 0) is 105 Å². The van der Waals surface area contributed by atoms with E-state index in [9.17, 15) is 18.6 Å². The molecule has 4 fully saturated rings. The van der Waals surface area contributed by atoms with Gasteiger partial charge >= 0.3 is 0 Å². The molecule has 30 heavy (non-hydrogen) atoms. The molecule has 0 saturated heterocycles. The van der Waals surface area contributed by atoms with Crippen molar-refractivity contribution in [2.45, 2.75) is 103 Å². The molecule has 6 heteroatoms. The predicted octanol–water partition coefficient (Wildman–Crippen LogP) is 4.43. The molecule has 0 bridgehead atoms. The lowest BCUT2D eigenvalue weighted by molar-refractivity contribution is -0.220. The summed E-state index contributed by atoms with van der Waals surface area (Å²) < 4.78 is 31.2.